The Hall–Kier alpha value is -2.15. The standard InChI is InChI=1S/C17H25N5O2/c1-5-21-12(3)13(9-18-21)10-20(4)17(23)16-14-11-24-8-7-15(14)22(6-2)19-16/h9H,5-8,10-11H2,1-4H3. The van der Waals surface area contributed by atoms with Crippen molar-refractivity contribution in [2.75, 3.05) is 13.7 Å². The number of hydrogen-bond acceptors (Lipinski definition) is 4. The highest BCUT2D eigenvalue weighted by Crippen LogP contribution is 2.22. The number of ether oxygens (including phenoxy) is 1. The number of hydrogen-bond donors (Lipinski definition) is 0. The van der Waals surface area contributed by atoms with Crippen molar-refractivity contribution in [3.8, 4) is 0 Å². The van der Waals surface area contributed by atoms with Crippen LogP contribution in [0, 0.1) is 6.92 Å². The lowest BCUT2D eigenvalue weighted by molar-refractivity contribution is 0.0764. The molecule has 0 unspecified atom stereocenters. The van der Waals surface area contributed by atoms with Crippen molar-refractivity contribution in [2.45, 2.75) is 53.4 Å². The highest BCUT2D eigenvalue weighted by atomic mass is 16.5. The van der Waals surface area contributed by atoms with Crippen LogP contribution in [0.15, 0.2) is 6.20 Å². The molecule has 7 nitrogen and oxygen atoms in total. The fraction of sp³-hybridized carbons (Fsp3) is 0.588. The molecule has 0 aromatic carbocycles. The van der Waals surface area contributed by atoms with Crippen LogP contribution in [-0.4, -0.2) is 44.0 Å². The largest absolute Gasteiger partial charge is 0.376 e. The van der Waals surface area contributed by atoms with E-state index in [1.165, 1.54) is 0 Å². The number of nitrogens with zero attached hydrogens (tertiary/aromatic N) is 5. The predicted molar refractivity (Wildman–Crippen MR) is 89.7 cm³/mol. The average molecular weight is 331 g/mol. The Morgan fingerprint density at radius 1 is 1.33 bits per heavy atom. The van der Waals surface area contributed by atoms with E-state index in [-0.39, 0.29) is 5.91 Å². The first-order valence-corrected chi connectivity index (χ1v) is 8.49. The highest BCUT2D eigenvalue weighted by molar-refractivity contribution is 5.93. The summed E-state index contributed by atoms with van der Waals surface area (Å²) < 4.78 is 9.41. The van der Waals surface area contributed by atoms with E-state index in [2.05, 4.69) is 17.1 Å². The topological polar surface area (TPSA) is 65.2 Å². The minimum atomic E-state index is -0.0624. The first-order chi connectivity index (χ1) is 11.6. The molecule has 0 fully saturated rings. The van der Waals surface area contributed by atoms with Crippen molar-refractivity contribution in [1.29, 1.82) is 0 Å². The molecule has 1 aliphatic heterocycles. The first-order valence-electron chi connectivity index (χ1n) is 8.49. The van der Waals surface area contributed by atoms with Crippen LogP contribution >= 0.6 is 0 Å². The van der Waals surface area contributed by atoms with E-state index in [4.69, 9.17) is 4.74 Å². The highest BCUT2D eigenvalue weighted by Gasteiger charge is 2.27. The molecule has 3 rings (SSSR count). The number of carbonyl (C=O) groups excluding carboxylic acids is 1. The van der Waals surface area contributed by atoms with Crippen molar-refractivity contribution in [3.05, 3.63) is 34.4 Å². The third kappa shape index (κ3) is 2.84. The van der Waals surface area contributed by atoms with Gasteiger partial charge in [-0.1, -0.05) is 0 Å². The number of fused-ring (bicyclic) bond motifs is 1. The molecule has 0 radical (unpaired) electrons. The van der Waals surface area contributed by atoms with Gasteiger partial charge in [-0.3, -0.25) is 14.2 Å². The lowest BCUT2D eigenvalue weighted by Gasteiger charge is -2.18. The molecule has 0 saturated heterocycles. The maximum atomic E-state index is 12.9. The van der Waals surface area contributed by atoms with E-state index < -0.39 is 0 Å². The van der Waals surface area contributed by atoms with Crippen LogP contribution in [0.1, 0.15) is 46.9 Å². The van der Waals surface area contributed by atoms with Crippen LogP contribution in [0.25, 0.3) is 0 Å². The molecule has 0 spiro atoms. The molecule has 1 amide bonds. The predicted octanol–water partition coefficient (Wildman–Crippen LogP) is 1.77. The lowest BCUT2D eigenvalue weighted by Crippen LogP contribution is -2.28. The summed E-state index contributed by atoms with van der Waals surface area (Å²) in [6.45, 7) is 9.42. The second-order valence-corrected chi connectivity index (χ2v) is 6.12. The van der Waals surface area contributed by atoms with Crippen molar-refractivity contribution < 1.29 is 9.53 Å². The van der Waals surface area contributed by atoms with Gasteiger partial charge in [0.25, 0.3) is 5.91 Å². The normalized spacial score (nSPS) is 13.8. The molecule has 1 aliphatic rings. The van der Waals surface area contributed by atoms with Gasteiger partial charge >= 0.3 is 0 Å². The minimum absolute atomic E-state index is 0.0624. The van der Waals surface area contributed by atoms with E-state index in [0.717, 1.165) is 42.0 Å². The molecule has 0 atom stereocenters. The van der Waals surface area contributed by atoms with Crippen LogP contribution in [0.3, 0.4) is 0 Å². The monoisotopic (exact) mass is 331 g/mol. The molecular weight excluding hydrogens is 306 g/mol. The minimum Gasteiger partial charge on any atom is -0.376 e. The Labute approximate surface area is 142 Å². The Balaban J connectivity index is 1.83. The summed E-state index contributed by atoms with van der Waals surface area (Å²) in [6.07, 6.45) is 2.65. The van der Waals surface area contributed by atoms with Gasteiger partial charge in [0.1, 0.15) is 0 Å². The SMILES string of the molecule is CCn1ncc(CN(C)C(=O)c2nn(CC)c3c2COCC3)c1C. The molecular formula is C17H25N5O2. The third-order valence-electron chi connectivity index (χ3n) is 4.66. The Morgan fingerprint density at radius 2 is 2.08 bits per heavy atom. The van der Waals surface area contributed by atoms with E-state index in [1.807, 2.05) is 36.5 Å². The summed E-state index contributed by atoms with van der Waals surface area (Å²) in [6, 6.07) is 0. The molecule has 2 aromatic rings. The number of amides is 1. The maximum absolute atomic E-state index is 12.9. The molecule has 3 heterocycles. The van der Waals surface area contributed by atoms with Crippen LogP contribution < -0.4 is 0 Å². The number of rotatable bonds is 5. The molecule has 0 aliphatic carbocycles. The van der Waals surface area contributed by atoms with Gasteiger partial charge in [-0.15, -0.1) is 0 Å². The van der Waals surface area contributed by atoms with Crippen LogP contribution in [-0.2, 0) is 37.4 Å². The van der Waals surface area contributed by atoms with Crippen molar-refractivity contribution in [2.24, 2.45) is 0 Å². The van der Waals surface area contributed by atoms with E-state index >= 15 is 0 Å². The van der Waals surface area contributed by atoms with Gasteiger partial charge in [-0.05, 0) is 20.8 Å². The lowest BCUT2D eigenvalue weighted by atomic mass is 10.1. The van der Waals surface area contributed by atoms with Crippen LogP contribution in [0.4, 0.5) is 0 Å². The summed E-state index contributed by atoms with van der Waals surface area (Å²) in [5.41, 5.74) is 4.76. The molecule has 0 bridgehead atoms. The van der Waals surface area contributed by atoms with E-state index in [9.17, 15) is 4.79 Å². The molecule has 2 aromatic heterocycles. The Morgan fingerprint density at radius 3 is 2.75 bits per heavy atom. The second-order valence-electron chi connectivity index (χ2n) is 6.12. The van der Waals surface area contributed by atoms with Gasteiger partial charge < -0.3 is 9.64 Å². The maximum Gasteiger partial charge on any atom is 0.274 e. The van der Waals surface area contributed by atoms with Gasteiger partial charge in [-0.2, -0.15) is 10.2 Å². The van der Waals surface area contributed by atoms with Gasteiger partial charge in [0, 0.05) is 55.6 Å². The molecule has 130 valence electrons. The van der Waals surface area contributed by atoms with E-state index in [1.54, 1.807) is 4.90 Å². The number of aryl methyl sites for hydroxylation is 2. The molecule has 24 heavy (non-hydrogen) atoms. The number of carbonyl (C=O) groups is 1. The number of aromatic nitrogens is 4. The summed E-state index contributed by atoms with van der Waals surface area (Å²) in [5.74, 6) is -0.0624. The fourth-order valence-electron chi connectivity index (χ4n) is 3.21. The molecule has 0 saturated carbocycles. The Bertz CT molecular complexity index is 746. The molecule has 0 N–H and O–H groups in total. The second kappa shape index (κ2) is 6.76. The van der Waals surface area contributed by atoms with Crippen LogP contribution in [0.5, 0.6) is 0 Å². The van der Waals surface area contributed by atoms with Gasteiger partial charge in [0.05, 0.1) is 19.4 Å². The first kappa shape index (κ1) is 16.7. The summed E-state index contributed by atoms with van der Waals surface area (Å²) >= 11 is 0. The van der Waals surface area contributed by atoms with E-state index in [0.29, 0.717) is 25.5 Å². The molecule has 7 heteroatoms. The quantitative estimate of drug-likeness (QED) is 0.837. The zero-order chi connectivity index (χ0) is 17.3. The van der Waals surface area contributed by atoms with Gasteiger partial charge in [-0.25, -0.2) is 0 Å². The zero-order valence-electron chi connectivity index (χ0n) is 14.9. The van der Waals surface area contributed by atoms with Crippen LogP contribution in [0.2, 0.25) is 0 Å². The van der Waals surface area contributed by atoms with Crippen molar-refractivity contribution in [1.82, 2.24) is 24.5 Å². The fourth-order valence-corrected chi connectivity index (χ4v) is 3.21. The summed E-state index contributed by atoms with van der Waals surface area (Å²) in [7, 11) is 1.81. The van der Waals surface area contributed by atoms with Crippen molar-refractivity contribution >= 4 is 5.91 Å². The zero-order valence-corrected chi connectivity index (χ0v) is 14.9. The smallest absolute Gasteiger partial charge is 0.274 e. The summed E-state index contributed by atoms with van der Waals surface area (Å²) in [5, 5.41) is 8.89. The van der Waals surface area contributed by atoms with Crippen molar-refractivity contribution in [3.63, 3.8) is 0 Å². The summed E-state index contributed by atoms with van der Waals surface area (Å²) in [4.78, 5) is 14.6. The Kier molecular flexibility index (Phi) is 4.71. The van der Waals surface area contributed by atoms with Gasteiger partial charge in [0.15, 0.2) is 5.69 Å². The average Bonchev–Trinajstić information content (AvgIpc) is 3.15. The van der Waals surface area contributed by atoms with Gasteiger partial charge in [0.2, 0.25) is 0 Å². The third-order valence-corrected chi connectivity index (χ3v) is 4.66.